The average Bonchev–Trinajstić information content (AvgIpc) is 2.83. The Bertz CT molecular complexity index is 508. The fourth-order valence-electron chi connectivity index (χ4n) is 3.91. The maximum atomic E-state index is 5.75. The smallest absolute Gasteiger partial charge is 0.221 e. The Morgan fingerprint density at radius 1 is 1.22 bits per heavy atom. The normalized spacial score (nSPS) is 22.5. The number of nitrogens with two attached hydrogens (primary N) is 1. The van der Waals surface area contributed by atoms with Gasteiger partial charge in [0.15, 0.2) is 0 Å². The first-order valence-corrected chi connectivity index (χ1v) is 8.85. The van der Waals surface area contributed by atoms with Crippen molar-refractivity contribution in [3.05, 3.63) is 11.8 Å². The number of anilines is 2. The number of morpholine rings is 1. The molecule has 1 saturated heterocycles. The lowest BCUT2D eigenvalue weighted by atomic mass is 9.87. The third kappa shape index (κ3) is 3.93. The Morgan fingerprint density at radius 3 is 2.61 bits per heavy atom. The number of nitrogens with one attached hydrogen (secondary N) is 1. The first-order chi connectivity index (χ1) is 11.2. The highest BCUT2D eigenvalue weighted by atomic mass is 16.5. The van der Waals surface area contributed by atoms with Gasteiger partial charge in [-0.15, -0.1) is 0 Å². The van der Waals surface area contributed by atoms with Crippen LogP contribution in [-0.4, -0.2) is 53.3 Å². The highest BCUT2D eigenvalue weighted by Crippen LogP contribution is 2.33. The SMILES string of the molecule is Cc1cnc(N)nc1NCC1(N2CCOCC2)CCCCCC1. The van der Waals surface area contributed by atoms with E-state index < -0.39 is 0 Å². The molecule has 0 aromatic carbocycles. The van der Waals surface area contributed by atoms with Crippen molar-refractivity contribution in [1.29, 1.82) is 0 Å². The van der Waals surface area contributed by atoms with Crippen LogP contribution in [0, 0.1) is 6.92 Å². The van der Waals surface area contributed by atoms with E-state index in [1.165, 1.54) is 38.5 Å². The maximum absolute atomic E-state index is 5.75. The van der Waals surface area contributed by atoms with E-state index >= 15 is 0 Å². The molecule has 0 spiro atoms. The molecule has 3 rings (SSSR count). The van der Waals surface area contributed by atoms with Gasteiger partial charge < -0.3 is 15.8 Å². The highest BCUT2D eigenvalue weighted by molar-refractivity contribution is 5.45. The Balaban J connectivity index is 1.76. The van der Waals surface area contributed by atoms with E-state index in [2.05, 4.69) is 20.2 Å². The standard InChI is InChI=1S/C17H29N5O/c1-14-12-19-16(18)21-15(14)20-13-17(6-4-2-3-5-7-17)22-8-10-23-11-9-22/h12H,2-11,13H2,1H3,(H3,18,19,20,21). The zero-order valence-electron chi connectivity index (χ0n) is 14.2. The fourth-order valence-corrected chi connectivity index (χ4v) is 3.91. The molecule has 1 aliphatic heterocycles. The van der Waals surface area contributed by atoms with Gasteiger partial charge in [-0.2, -0.15) is 4.98 Å². The van der Waals surface area contributed by atoms with Gasteiger partial charge >= 0.3 is 0 Å². The monoisotopic (exact) mass is 319 g/mol. The van der Waals surface area contributed by atoms with Gasteiger partial charge in [-0.1, -0.05) is 25.7 Å². The predicted octanol–water partition coefficient (Wildman–Crippen LogP) is 2.20. The van der Waals surface area contributed by atoms with Crippen molar-refractivity contribution >= 4 is 11.8 Å². The molecule has 0 unspecified atom stereocenters. The topological polar surface area (TPSA) is 76.3 Å². The molecule has 1 saturated carbocycles. The second kappa shape index (κ2) is 7.45. The van der Waals surface area contributed by atoms with Crippen molar-refractivity contribution in [2.75, 3.05) is 43.9 Å². The summed E-state index contributed by atoms with van der Waals surface area (Å²) in [7, 11) is 0. The van der Waals surface area contributed by atoms with Crippen LogP contribution in [0.25, 0.3) is 0 Å². The van der Waals surface area contributed by atoms with Gasteiger partial charge in [0.25, 0.3) is 0 Å². The number of aromatic nitrogens is 2. The molecule has 1 aliphatic carbocycles. The molecule has 0 atom stereocenters. The number of nitrogens with zero attached hydrogens (tertiary/aromatic N) is 3. The lowest BCUT2D eigenvalue weighted by Crippen LogP contribution is -2.57. The first kappa shape index (κ1) is 16.5. The van der Waals surface area contributed by atoms with Crippen molar-refractivity contribution in [3.63, 3.8) is 0 Å². The molecule has 6 nitrogen and oxygen atoms in total. The summed E-state index contributed by atoms with van der Waals surface area (Å²) in [6.45, 7) is 6.71. The summed E-state index contributed by atoms with van der Waals surface area (Å²) in [5.74, 6) is 1.20. The van der Waals surface area contributed by atoms with Gasteiger partial charge in [0.1, 0.15) is 5.82 Å². The summed E-state index contributed by atoms with van der Waals surface area (Å²) in [6.07, 6.45) is 9.61. The second-order valence-electron chi connectivity index (χ2n) is 6.85. The van der Waals surface area contributed by atoms with E-state index in [1.807, 2.05) is 6.92 Å². The Morgan fingerprint density at radius 2 is 1.91 bits per heavy atom. The Labute approximate surface area is 138 Å². The van der Waals surface area contributed by atoms with Crippen LogP contribution in [0.15, 0.2) is 6.20 Å². The van der Waals surface area contributed by atoms with E-state index in [0.29, 0.717) is 5.95 Å². The van der Waals surface area contributed by atoms with E-state index in [9.17, 15) is 0 Å². The summed E-state index contributed by atoms with van der Waals surface area (Å²) in [4.78, 5) is 11.1. The Hall–Kier alpha value is -1.40. The summed E-state index contributed by atoms with van der Waals surface area (Å²) < 4.78 is 5.57. The van der Waals surface area contributed by atoms with Gasteiger partial charge in [0.05, 0.1) is 13.2 Å². The largest absolute Gasteiger partial charge is 0.379 e. The van der Waals surface area contributed by atoms with E-state index in [1.54, 1.807) is 6.20 Å². The molecule has 2 fully saturated rings. The van der Waals surface area contributed by atoms with Gasteiger partial charge in [-0.3, -0.25) is 4.90 Å². The molecule has 6 heteroatoms. The fraction of sp³-hybridized carbons (Fsp3) is 0.765. The second-order valence-corrected chi connectivity index (χ2v) is 6.85. The van der Waals surface area contributed by atoms with Crippen molar-refractivity contribution in [3.8, 4) is 0 Å². The van der Waals surface area contributed by atoms with Crippen LogP contribution in [-0.2, 0) is 4.74 Å². The minimum Gasteiger partial charge on any atom is -0.379 e. The molecule has 2 aliphatic rings. The van der Waals surface area contributed by atoms with Crippen LogP contribution in [0.3, 0.4) is 0 Å². The molecule has 2 heterocycles. The van der Waals surface area contributed by atoms with E-state index in [-0.39, 0.29) is 5.54 Å². The number of rotatable bonds is 4. The number of nitrogen functional groups attached to an aromatic ring is 1. The summed E-state index contributed by atoms with van der Waals surface area (Å²) in [5, 5.41) is 3.58. The number of hydrogen-bond acceptors (Lipinski definition) is 6. The lowest BCUT2D eigenvalue weighted by Gasteiger charge is -2.46. The Kier molecular flexibility index (Phi) is 5.33. The molecule has 1 aromatic heterocycles. The zero-order valence-corrected chi connectivity index (χ0v) is 14.2. The van der Waals surface area contributed by atoms with Gasteiger partial charge in [-0.05, 0) is 19.8 Å². The average molecular weight is 319 g/mol. The quantitative estimate of drug-likeness (QED) is 0.829. The lowest BCUT2D eigenvalue weighted by molar-refractivity contribution is -0.0240. The molecule has 1 aromatic rings. The zero-order chi connectivity index (χ0) is 16.1. The molecule has 0 amide bonds. The molecule has 3 N–H and O–H groups in total. The molecule has 0 bridgehead atoms. The third-order valence-electron chi connectivity index (χ3n) is 5.29. The van der Waals surface area contributed by atoms with Crippen molar-refractivity contribution in [2.45, 2.75) is 51.0 Å². The van der Waals surface area contributed by atoms with Crippen LogP contribution in [0.4, 0.5) is 11.8 Å². The van der Waals surface area contributed by atoms with Gasteiger partial charge in [0, 0.05) is 36.9 Å². The van der Waals surface area contributed by atoms with Gasteiger partial charge in [0.2, 0.25) is 5.95 Å². The highest BCUT2D eigenvalue weighted by Gasteiger charge is 2.37. The minimum atomic E-state index is 0.215. The first-order valence-electron chi connectivity index (χ1n) is 8.85. The molecular weight excluding hydrogens is 290 g/mol. The van der Waals surface area contributed by atoms with Crippen LogP contribution in [0.5, 0.6) is 0 Å². The third-order valence-corrected chi connectivity index (χ3v) is 5.29. The molecule has 0 radical (unpaired) electrons. The number of ether oxygens (including phenoxy) is 1. The maximum Gasteiger partial charge on any atom is 0.221 e. The van der Waals surface area contributed by atoms with Crippen LogP contribution in [0.2, 0.25) is 0 Å². The van der Waals surface area contributed by atoms with Crippen LogP contribution >= 0.6 is 0 Å². The van der Waals surface area contributed by atoms with Crippen molar-refractivity contribution in [1.82, 2.24) is 14.9 Å². The summed E-state index contributed by atoms with van der Waals surface area (Å²) >= 11 is 0. The van der Waals surface area contributed by atoms with E-state index in [0.717, 1.165) is 44.2 Å². The van der Waals surface area contributed by atoms with E-state index in [4.69, 9.17) is 10.5 Å². The molecule has 23 heavy (non-hydrogen) atoms. The summed E-state index contributed by atoms with van der Waals surface area (Å²) in [5.41, 5.74) is 7.01. The predicted molar refractivity (Wildman–Crippen MR) is 92.5 cm³/mol. The minimum absolute atomic E-state index is 0.215. The molecule has 128 valence electrons. The van der Waals surface area contributed by atoms with Gasteiger partial charge in [-0.25, -0.2) is 4.98 Å². The van der Waals surface area contributed by atoms with Crippen LogP contribution < -0.4 is 11.1 Å². The molecular formula is C17H29N5O. The summed E-state index contributed by atoms with van der Waals surface area (Å²) in [6, 6.07) is 0. The van der Waals surface area contributed by atoms with Crippen LogP contribution in [0.1, 0.15) is 44.1 Å². The van der Waals surface area contributed by atoms with Crippen molar-refractivity contribution in [2.24, 2.45) is 0 Å². The van der Waals surface area contributed by atoms with Crippen molar-refractivity contribution < 1.29 is 4.74 Å². The number of hydrogen-bond donors (Lipinski definition) is 2. The number of aryl methyl sites for hydroxylation is 1.